The molecule has 0 aliphatic rings. The number of nitroso groups, excluding NO2 is 1. The van der Waals surface area contributed by atoms with Crippen LogP contribution in [0.15, 0.2) is 57.6 Å². The lowest BCUT2D eigenvalue weighted by Crippen LogP contribution is -2.15. The topological polar surface area (TPSA) is 100.0 Å². The van der Waals surface area contributed by atoms with Crippen LogP contribution >= 0.6 is 11.6 Å². The van der Waals surface area contributed by atoms with Crippen molar-refractivity contribution in [1.29, 1.82) is 0 Å². The highest BCUT2D eigenvalue weighted by Gasteiger charge is 2.21. The summed E-state index contributed by atoms with van der Waals surface area (Å²) in [5.41, 5.74) is 3.79. The van der Waals surface area contributed by atoms with Crippen LogP contribution in [0.25, 0.3) is 0 Å². The van der Waals surface area contributed by atoms with Crippen LogP contribution < -0.4 is 10.1 Å². The van der Waals surface area contributed by atoms with Crippen molar-refractivity contribution < 1.29 is 8.42 Å². The zero-order valence-corrected chi connectivity index (χ0v) is 14.5. The fourth-order valence-electron chi connectivity index (χ4n) is 1.80. The average molecular weight is 367 g/mol. The van der Waals surface area contributed by atoms with Crippen LogP contribution in [0.4, 0.5) is 17.1 Å². The lowest BCUT2D eigenvalue weighted by Gasteiger charge is -2.13. The van der Waals surface area contributed by atoms with Gasteiger partial charge in [-0.05, 0) is 49.4 Å². The van der Waals surface area contributed by atoms with E-state index in [0.29, 0.717) is 5.71 Å². The van der Waals surface area contributed by atoms with E-state index in [-0.39, 0.29) is 27.0 Å². The predicted octanol–water partition coefficient (Wildman–Crippen LogP) is 4.35. The molecule has 0 bridgehead atoms. The molecule has 126 valence electrons. The van der Waals surface area contributed by atoms with E-state index in [1.165, 1.54) is 18.2 Å². The van der Waals surface area contributed by atoms with Gasteiger partial charge in [0.05, 0.1) is 16.4 Å². The van der Waals surface area contributed by atoms with Gasteiger partial charge < -0.3 is 0 Å². The van der Waals surface area contributed by atoms with E-state index >= 15 is 0 Å². The van der Waals surface area contributed by atoms with E-state index in [4.69, 9.17) is 11.6 Å². The van der Waals surface area contributed by atoms with Gasteiger partial charge in [-0.15, -0.1) is 4.91 Å². The Morgan fingerprint density at radius 1 is 1.08 bits per heavy atom. The van der Waals surface area contributed by atoms with Crippen LogP contribution in [-0.2, 0) is 10.0 Å². The number of sulfonamides is 1. The molecule has 0 saturated heterocycles. The molecule has 0 spiro atoms. The average Bonchev–Trinajstić information content (AvgIpc) is 2.54. The van der Waals surface area contributed by atoms with E-state index in [0.717, 1.165) is 6.07 Å². The second kappa shape index (κ2) is 7.41. The number of nitrogens with zero attached hydrogens (tertiary/aromatic N) is 2. The summed E-state index contributed by atoms with van der Waals surface area (Å²) in [5.74, 6) is 0. The Balaban J connectivity index is 2.49. The second-order valence-corrected chi connectivity index (χ2v) is 7.09. The number of benzene rings is 2. The van der Waals surface area contributed by atoms with Crippen LogP contribution in [0.2, 0.25) is 5.02 Å². The smallest absolute Gasteiger partial charge is 0.264 e. The summed E-state index contributed by atoms with van der Waals surface area (Å²) in [6.45, 7) is 3.51. The van der Waals surface area contributed by atoms with Gasteiger partial charge in [0, 0.05) is 5.71 Å². The first-order chi connectivity index (χ1) is 11.3. The maximum Gasteiger partial charge on any atom is 0.264 e. The molecule has 2 aromatic rings. The predicted molar refractivity (Wildman–Crippen MR) is 96.6 cm³/mol. The molecule has 0 aromatic heterocycles. The van der Waals surface area contributed by atoms with Gasteiger partial charge in [0.25, 0.3) is 10.0 Å². The molecule has 0 aliphatic heterocycles. The lowest BCUT2D eigenvalue weighted by atomic mass is 10.3. The number of hydrogen-bond donors (Lipinski definition) is 2. The molecule has 24 heavy (non-hydrogen) atoms. The minimum atomic E-state index is -4.01. The molecule has 0 amide bonds. The first-order valence-corrected chi connectivity index (χ1v) is 8.71. The summed E-state index contributed by atoms with van der Waals surface area (Å²) in [6, 6.07) is 10.4. The van der Waals surface area contributed by atoms with Gasteiger partial charge in [-0.25, -0.2) is 8.42 Å². The quantitative estimate of drug-likeness (QED) is 0.451. The van der Waals surface area contributed by atoms with Gasteiger partial charge in [0.1, 0.15) is 10.6 Å². The van der Waals surface area contributed by atoms with E-state index < -0.39 is 10.0 Å². The molecule has 2 aromatic carbocycles. The first kappa shape index (κ1) is 17.9. The van der Waals surface area contributed by atoms with Gasteiger partial charge in [-0.2, -0.15) is 5.10 Å². The summed E-state index contributed by atoms with van der Waals surface area (Å²) < 4.78 is 27.8. The molecule has 0 aliphatic carbocycles. The number of rotatable bonds is 6. The first-order valence-electron chi connectivity index (χ1n) is 6.85. The molecule has 0 saturated carbocycles. The van der Waals surface area contributed by atoms with Crippen molar-refractivity contribution in [2.75, 3.05) is 10.1 Å². The number of hydrazone groups is 1. The zero-order valence-electron chi connectivity index (χ0n) is 12.9. The van der Waals surface area contributed by atoms with Gasteiger partial charge in [0.2, 0.25) is 0 Å². The molecular formula is C15H15ClN4O3S. The standard InChI is InChI=1S/C15H15ClN4O3S/c1-10(2)17-18-14-8-7-11(19-21)9-15(14)24(22,23)20-13-6-4-3-5-12(13)16/h3-9,18,20H,1-2H3. The Hall–Kier alpha value is -2.45. The minimum absolute atomic E-state index is 0.0164. The molecule has 0 fully saturated rings. The van der Waals surface area contributed by atoms with Crippen molar-refractivity contribution in [3.05, 3.63) is 52.4 Å². The summed E-state index contributed by atoms with van der Waals surface area (Å²) in [4.78, 5) is 10.6. The summed E-state index contributed by atoms with van der Waals surface area (Å²) in [6.07, 6.45) is 0. The minimum Gasteiger partial charge on any atom is -0.278 e. The maximum absolute atomic E-state index is 12.7. The van der Waals surface area contributed by atoms with Gasteiger partial charge >= 0.3 is 0 Å². The molecule has 9 heteroatoms. The number of nitrogens with one attached hydrogen (secondary N) is 2. The van der Waals surface area contributed by atoms with E-state index in [1.54, 1.807) is 32.0 Å². The van der Waals surface area contributed by atoms with Gasteiger partial charge in [-0.3, -0.25) is 10.1 Å². The Bertz CT molecular complexity index is 893. The van der Waals surface area contributed by atoms with E-state index in [1.807, 2.05) is 0 Å². The lowest BCUT2D eigenvalue weighted by molar-refractivity contribution is 0.601. The third kappa shape index (κ3) is 4.30. The number of hydrogen-bond acceptors (Lipinski definition) is 6. The van der Waals surface area contributed by atoms with Crippen LogP contribution in [0.3, 0.4) is 0 Å². The summed E-state index contributed by atoms with van der Waals surface area (Å²) >= 11 is 5.99. The molecule has 2 N–H and O–H groups in total. The molecule has 0 radical (unpaired) electrons. The van der Waals surface area contributed by atoms with Crippen LogP contribution in [0.1, 0.15) is 13.8 Å². The number of para-hydroxylation sites is 1. The van der Waals surface area contributed by atoms with E-state index in [9.17, 15) is 13.3 Å². The van der Waals surface area contributed by atoms with Crippen molar-refractivity contribution in [3.63, 3.8) is 0 Å². The monoisotopic (exact) mass is 366 g/mol. The highest BCUT2D eigenvalue weighted by molar-refractivity contribution is 7.93. The summed E-state index contributed by atoms with van der Waals surface area (Å²) in [5, 5.41) is 7.01. The maximum atomic E-state index is 12.7. The van der Waals surface area contributed by atoms with Crippen LogP contribution in [0.5, 0.6) is 0 Å². The fraction of sp³-hybridized carbons (Fsp3) is 0.133. The molecular weight excluding hydrogens is 352 g/mol. The van der Waals surface area contributed by atoms with Crippen LogP contribution in [-0.4, -0.2) is 14.1 Å². The van der Waals surface area contributed by atoms with Gasteiger partial charge in [-0.1, -0.05) is 23.7 Å². The van der Waals surface area contributed by atoms with Gasteiger partial charge in [0.15, 0.2) is 0 Å². The normalized spacial score (nSPS) is 10.8. The van der Waals surface area contributed by atoms with Crippen molar-refractivity contribution in [3.8, 4) is 0 Å². The Kier molecular flexibility index (Phi) is 5.53. The van der Waals surface area contributed by atoms with Crippen molar-refractivity contribution in [2.45, 2.75) is 18.7 Å². The Morgan fingerprint density at radius 3 is 2.42 bits per heavy atom. The molecule has 0 heterocycles. The number of halogens is 1. The van der Waals surface area contributed by atoms with Crippen LogP contribution in [0, 0.1) is 4.91 Å². The molecule has 2 rings (SSSR count). The Labute approximate surface area is 144 Å². The largest absolute Gasteiger partial charge is 0.278 e. The fourth-order valence-corrected chi connectivity index (χ4v) is 3.29. The highest BCUT2D eigenvalue weighted by Crippen LogP contribution is 2.30. The second-order valence-electron chi connectivity index (χ2n) is 5.03. The third-order valence-corrected chi connectivity index (χ3v) is 4.61. The molecule has 0 unspecified atom stereocenters. The molecule has 7 nitrogen and oxygen atoms in total. The van der Waals surface area contributed by atoms with Crippen molar-refractivity contribution in [2.24, 2.45) is 10.3 Å². The third-order valence-electron chi connectivity index (χ3n) is 2.88. The summed E-state index contributed by atoms with van der Waals surface area (Å²) in [7, 11) is -4.01. The number of anilines is 2. The Morgan fingerprint density at radius 2 is 1.79 bits per heavy atom. The zero-order chi connectivity index (χ0) is 17.7. The molecule has 0 atom stereocenters. The highest BCUT2D eigenvalue weighted by atomic mass is 35.5. The van der Waals surface area contributed by atoms with E-state index in [2.05, 4.69) is 20.4 Å². The SMILES string of the molecule is CC(C)=NNc1ccc(N=O)cc1S(=O)(=O)Nc1ccccc1Cl. The van der Waals surface area contributed by atoms with Crippen molar-refractivity contribution in [1.82, 2.24) is 0 Å². The van der Waals surface area contributed by atoms with Crippen molar-refractivity contribution >= 4 is 44.4 Å².